The van der Waals surface area contributed by atoms with E-state index in [0.29, 0.717) is 24.2 Å². The molecule has 4 rings (SSSR count). The molecule has 5 N–H and O–H groups in total. The van der Waals surface area contributed by atoms with Crippen molar-refractivity contribution < 1.29 is 29.0 Å². The molecule has 10 nitrogen and oxygen atoms in total. The molecule has 2 amide bonds. The summed E-state index contributed by atoms with van der Waals surface area (Å²) < 4.78 is 4.85. The lowest BCUT2D eigenvalue weighted by atomic mass is 9.74. The van der Waals surface area contributed by atoms with Crippen LogP contribution in [0.25, 0.3) is 0 Å². The Bertz CT molecular complexity index is 915. The number of ketones is 1. The molecule has 2 fully saturated rings. The number of para-hydroxylation sites is 1. The molecule has 0 spiro atoms. The molecule has 152 valence electrons. The van der Waals surface area contributed by atoms with E-state index in [1.165, 1.54) is 4.90 Å². The summed E-state index contributed by atoms with van der Waals surface area (Å²) in [4.78, 5) is 49.8. The van der Waals surface area contributed by atoms with Gasteiger partial charge < -0.3 is 31.1 Å². The number of benzene rings is 1. The first-order valence-electron chi connectivity index (χ1n) is 9.20. The number of nitrogens with two attached hydrogens (primary N) is 1. The smallest absolute Gasteiger partial charge is 0.404 e. The molecule has 0 saturated carbocycles. The number of nitrogens with zero attached hydrogens (tertiary/aromatic N) is 1. The summed E-state index contributed by atoms with van der Waals surface area (Å²) in [5.41, 5.74) is 5.84. The molecule has 0 aromatic heterocycles. The molecule has 10 heteroatoms. The molecule has 4 atom stereocenters. The predicted octanol–water partition coefficient (Wildman–Crippen LogP) is -0.327. The van der Waals surface area contributed by atoms with E-state index in [0.717, 1.165) is 0 Å². The number of carbonyl (C=O) groups is 4. The van der Waals surface area contributed by atoms with Crippen molar-refractivity contribution in [2.45, 2.75) is 24.5 Å². The second-order valence-corrected chi connectivity index (χ2v) is 7.19. The van der Waals surface area contributed by atoms with Crippen LogP contribution in [0, 0.1) is 5.92 Å². The van der Waals surface area contributed by atoms with Gasteiger partial charge in [0, 0.05) is 17.2 Å². The predicted molar refractivity (Wildman–Crippen MR) is 99.6 cm³/mol. The molecule has 0 bridgehead atoms. The fourth-order valence-electron chi connectivity index (χ4n) is 4.59. The van der Waals surface area contributed by atoms with Gasteiger partial charge >= 0.3 is 12.1 Å². The first-order chi connectivity index (χ1) is 13.9. The molecule has 3 aliphatic heterocycles. The number of nitrogens with one attached hydrogen (secondary N) is 2. The van der Waals surface area contributed by atoms with Crippen LogP contribution in [0.3, 0.4) is 0 Å². The van der Waals surface area contributed by atoms with Gasteiger partial charge in [-0.3, -0.25) is 9.59 Å². The van der Waals surface area contributed by atoms with Crippen LogP contribution >= 0.6 is 0 Å². The van der Waals surface area contributed by atoms with E-state index in [4.69, 9.17) is 10.5 Å². The Morgan fingerprint density at radius 3 is 2.62 bits per heavy atom. The third kappa shape index (κ3) is 3.11. The fourth-order valence-corrected chi connectivity index (χ4v) is 4.59. The van der Waals surface area contributed by atoms with Crippen molar-refractivity contribution in [3.8, 4) is 0 Å². The lowest BCUT2D eigenvalue weighted by Gasteiger charge is -2.56. The van der Waals surface area contributed by atoms with Crippen molar-refractivity contribution in [1.29, 1.82) is 0 Å². The number of rotatable bonds is 6. The third-order valence-electron chi connectivity index (χ3n) is 5.68. The molecular formula is C19H20N4O6. The van der Waals surface area contributed by atoms with Crippen molar-refractivity contribution in [1.82, 2.24) is 10.2 Å². The van der Waals surface area contributed by atoms with E-state index in [2.05, 4.69) is 10.6 Å². The zero-order valence-electron chi connectivity index (χ0n) is 15.3. The van der Waals surface area contributed by atoms with Gasteiger partial charge in [0.05, 0.1) is 12.1 Å². The fraction of sp³-hybridized carbons (Fsp3) is 0.368. The Hall–Kier alpha value is -3.40. The highest BCUT2D eigenvalue weighted by Crippen LogP contribution is 2.49. The van der Waals surface area contributed by atoms with Crippen molar-refractivity contribution in [2.75, 3.05) is 18.5 Å². The van der Waals surface area contributed by atoms with E-state index in [9.17, 15) is 24.3 Å². The number of carbonyl (C=O) groups excluding carboxylic acids is 3. The molecule has 1 aromatic rings. The van der Waals surface area contributed by atoms with Crippen LogP contribution in [-0.4, -0.2) is 65.0 Å². The van der Waals surface area contributed by atoms with Crippen LogP contribution in [0.1, 0.15) is 6.42 Å². The van der Waals surface area contributed by atoms with Gasteiger partial charge in [-0.1, -0.05) is 18.2 Å². The van der Waals surface area contributed by atoms with Gasteiger partial charge in [-0.15, -0.1) is 0 Å². The monoisotopic (exact) mass is 400 g/mol. The summed E-state index contributed by atoms with van der Waals surface area (Å²) in [6.07, 6.45) is -0.375. The zero-order chi connectivity index (χ0) is 20.7. The van der Waals surface area contributed by atoms with Crippen molar-refractivity contribution in [3.05, 3.63) is 41.6 Å². The molecule has 1 aromatic carbocycles. The summed E-state index contributed by atoms with van der Waals surface area (Å²) in [6.45, 7) is 0.301. The summed E-state index contributed by atoms with van der Waals surface area (Å²) >= 11 is 0. The van der Waals surface area contributed by atoms with E-state index >= 15 is 0 Å². The molecule has 2 unspecified atom stereocenters. The van der Waals surface area contributed by atoms with Crippen molar-refractivity contribution >= 4 is 29.4 Å². The average Bonchev–Trinajstić information content (AvgIpc) is 2.99. The molecule has 3 aliphatic rings. The van der Waals surface area contributed by atoms with Crippen molar-refractivity contribution in [3.63, 3.8) is 0 Å². The Labute approximate surface area is 165 Å². The maximum absolute atomic E-state index is 12.9. The molecule has 2 saturated heterocycles. The number of primary amides is 1. The number of anilines is 1. The summed E-state index contributed by atoms with van der Waals surface area (Å²) in [6, 6.07) is 6.96. The standard InChI is InChI=1S/C19H20N4O6/c20-19(28)29-8-11-10-6-7-21-12-13(10)23(14(11)18(26)27)15(12)16(24)17(25)22-9-4-2-1-3-5-9/h1-5,10,12-13,15,21H,6-8H2,(H2,20,28)(H,22,25)(H,26,27)/t10?,12-,13+,15?/m0/s1. The first kappa shape index (κ1) is 18.9. The normalized spacial score (nSPS) is 27.0. The lowest BCUT2D eigenvalue weighted by molar-refractivity contribution is -0.148. The Morgan fingerprint density at radius 2 is 1.97 bits per heavy atom. The maximum atomic E-state index is 12.9. The Kier molecular flexibility index (Phi) is 4.71. The topological polar surface area (TPSA) is 151 Å². The van der Waals surface area contributed by atoms with Crippen molar-refractivity contribution in [2.24, 2.45) is 11.7 Å². The molecule has 0 radical (unpaired) electrons. The molecule has 29 heavy (non-hydrogen) atoms. The second kappa shape index (κ2) is 7.21. The molecule has 3 heterocycles. The summed E-state index contributed by atoms with van der Waals surface area (Å²) in [5, 5.41) is 15.5. The number of aliphatic carboxylic acids is 1. The van der Waals surface area contributed by atoms with Gasteiger partial charge in [0.15, 0.2) is 0 Å². The van der Waals surface area contributed by atoms with Gasteiger partial charge in [0.1, 0.15) is 18.3 Å². The minimum atomic E-state index is -1.23. The number of ether oxygens (including phenoxy) is 1. The minimum absolute atomic E-state index is 0.0907. The van der Waals surface area contributed by atoms with Gasteiger partial charge in [-0.25, -0.2) is 9.59 Å². The van der Waals surface area contributed by atoms with E-state index in [1.807, 2.05) is 0 Å². The minimum Gasteiger partial charge on any atom is -0.477 e. The van der Waals surface area contributed by atoms with E-state index in [-0.39, 0.29) is 30.3 Å². The highest BCUT2D eigenvalue weighted by molar-refractivity contribution is 6.43. The zero-order valence-corrected chi connectivity index (χ0v) is 15.3. The number of carboxylic acid groups (broad SMARTS) is 1. The quantitative estimate of drug-likeness (QED) is 0.474. The van der Waals surface area contributed by atoms with Crippen LogP contribution in [0.4, 0.5) is 10.5 Å². The van der Waals surface area contributed by atoms with Gasteiger partial charge in [0.25, 0.3) is 5.91 Å². The number of hydrogen-bond donors (Lipinski definition) is 4. The Balaban J connectivity index is 1.60. The second-order valence-electron chi connectivity index (χ2n) is 7.19. The van der Waals surface area contributed by atoms with Gasteiger partial charge in [-0.05, 0) is 25.1 Å². The highest BCUT2D eigenvalue weighted by Gasteiger charge is 2.63. The van der Waals surface area contributed by atoms with Crippen LogP contribution in [-0.2, 0) is 19.1 Å². The van der Waals surface area contributed by atoms with Crippen LogP contribution in [0.15, 0.2) is 41.6 Å². The van der Waals surface area contributed by atoms with E-state index < -0.39 is 29.8 Å². The summed E-state index contributed by atoms with van der Waals surface area (Å²) in [5.74, 6) is -2.95. The van der Waals surface area contributed by atoms with E-state index in [1.54, 1.807) is 30.3 Å². The van der Waals surface area contributed by atoms with Gasteiger partial charge in [-0.2, -0.15) is 0 Å². The van der Waals surface area contributed by atoms with Crippen LogP contribution < -0.4 is 16.4 Å². The molecule has 0 aliphatic carbocycles. The number of hydrogen-bond acceptors (Lipinski definition) is 7. The summed E-state index contributed by atoms with van der Waals surface area (Å²) in [7, 11) is 0. The number of amides is 2. The Morgan fingerprint density at radius 1 is 1.24 bits per heavy atom. The first-order valence-corrected chi connectivity index (χ1v) is 9.20. The van der Waals surface area contributed by atoms with Crippen LogP contribution in [0.5, 0.6) is 0 Å². The third-order valence-corrected chi connectivity index (χ3v) is 5.68. The maximum Gasteiger partial charge on any atom is 0.404 e. The SMILES string of the molecule is NC(=O)OCC1=C(C(=O)O)N2C(C(=O)C(=O)Nc3ccccc3)[C@H]3NCCC1[C@H]32. The highest BCUT2D eigenvalue weighted by atomic mass is 16.5. The van der Waals surface area contributed by atoms with Crippen LogP contribution in [0.2, 0.25) is 0 Å². The van der Waals surface area contributed by atoms with Gasteiger partial charge in [0.2, 0.25) is 5.78 Å². The average molecular weight is 400 g/mol. The number of carboxylic acids is 1. The molecular weight excluding hydrogens is 380 g/mol. The largest absolute Gasteiger partial charge is 0.477 e. The number of piperidine rings is 1. The lowest BCUT2D eigenvalue weighted by Crippen LogP contribution is -2.77. The number of Topliss-reactive ketones (excluding diaryl/α,β-unsaturated/α-hetero) is 1.